The predicted molar refractivity (Wildman–Crippen MR) is 63.1 cm³/mol. The van der Waals surface area contributed by atoms with Crippen molar-refractivity contribution in [3.8, 4) is 0 Å². The Balaban J connectivity index is 4.06. The Morgan fingerprint density at radius 2 is 1.81 bits per heavy atom. The summed E-state index contributed by atoms with van der Waals surface area (Å²) in [5.74, 6) is 0.115. The minimum Gasteiger partial charge on any atom is -0.389 e. The van der Waals surface area contributed by atoms with E-state index in [1.165, 1.54) is 6.92 Å². The number of rotatable bonds is 7. The van der Waals surface area contributed by atoms with Crippen LogP contribution in [-0.4, -0.2) is 40.4 Å². The van der Waals surface area contributed by atoms with Crippen LogP contribution in [-0.2, 0) is 9.59 Å². The van der Waals surface area contributed by atoms with Crippen LogP contribution in [0.4, 0.5) is 0 Å². The molecule has 0 unspecified atom stereocenters. The van der Waals surface area contributed by atoms with Gasteiger partial charge in [0.05, 0.1) is 5.60 Å². The summed E-state index contributed by atoms with van der Waals surface area (Å²) >= 11 is 0. The van der Waals surface area contributed by atoms with Crippen LogP contribution in [0.5, 0.6) is 0 Å². The van der Waals surface area contributed by atoms with Gasteiger partial charge < -0.3 is 14.8 Å². The van der Waals surface area contributed by atoms with Crippen molar-refractivity contribution in [1.29, 1.82) is 0 Å². The van der Waals surface area contributed by atoms with E-state index in [-0.39, 0.29) is 11.7 Å². The molecule has 1 N–H and O–H groups in total. The molecule has 0 saturated carbocycles. The second-order valence-electron chi connectivity index (χ2n) is 4.78. The molecule has 94 valence electrons. The second kappa shape index (κ2) is 6.63. The van der Waals surface area contributed by atoms with Crippen LogP contribution in [0, 0.1) is 0 Å². The predicted octanol–water partition coefficient (Wildman–Crippen LogP) is 1.37. The lowest BCUT2D eigenvalue weighted by atomic mass is 10.1. The van der Waals surface area contributed by atoms with Crippen LogP contribution in [0.3, 0.4) is 0 Å². The minimum atomic E-state index is -0.869. The topological polar surface area (TPSA) is 57.6 Å². The van der Waals surface area contributed by atoms with Crippen LogP contribution in [0.1, 0.15) is 47.0 Å². The second-order valence-corrected chi connectivity index (χ2v) is 4.78. The quantitative estimate of drug-likeness (QED) is 0.717. The molecule has 0 atom stereocenters. The molecule has 16 heavy (non-hydrogen) atoms. The lowest BCUT2D eigenvalue weighted by Crippen LogP contribution is -2.42. The Labute approximate surface area is 97.6 Å². The third-order valence-corrected chi connectivity index (χ3v) is 2.23. The van der Waals surface area contributed by atoms with Crippen molar-refractivity contribution in [2.75, 3.05) is 13.1 Å². The molecule has 4 heteroatoms. The molecule has 0 radical (unpaired) electrons. The highest BCUT2D eigenvalue weighted by Crippen LogP contribution is 2.08. The van der Waals surface area contributed by atoms with Gasteiger partial charge in [-0.1, -0.05) is 0 Å². The highest BCUT2D eigenvalue weighted by Gasteiger charge is 2.20. The lowest BCUT2D eigenvalue weighted by molar-refractivity contribution is -0.134. The molecule has 4 nitrogen and oxygen atoms in total. The van der Waals surface area contributed by atoms with E-state index in [0.29, 0.717) is 32.4 Å². The molecule has 0 aromatic heterocycles. The van der Waals surface area contributed by atoms with Gasteiger partial charge in [0, 0.05) is 25.9 Å². The molecule has 0 saturated heterocycles. The van der Waals surface area contributed by atoms with E-state index >= 15 is 0 Å². The first-order chi connectivity index (χ1) is 7.26. The van der Waals surface area contributed by atoms with Gasteiger partial charge in [0.1, 0.15) is 5.78 Å². The number of carbonyl (C=O) groups is 2. The van der Waals surface area contributed by atoms with E-state index in [4.69, 9.17) is 0 Å². The van der Waals surface area contributed by atoms with Gasteiger partial charge in [-0.2, -0.15) is 0 Å². The van der Waals surface area contributed by atoms with Crippen molar-refractivity contribution in [1.82, 2.24) is 4.90 Å². The van der Waals surface area contributed by atoms with E-state index < -0.39 is 5.60 Å². The van der Waals surface area contributed by atoms with Crippen molar-refractivity contribution in [3.63, 3.8) is 0 Å². The third-order valence-electron chi connectivity index (χ3n) is 2.23. The maximum absolute atomic E-state index is 11.7. The Bertz CT molecular complexity index is 243. The molecule has 1 amide bonds. The first-order valence-electron chi connectivity index (χ1n) is 5.76. The first kappa shape index (κ1) is 15.1. The number of hydrogen-bond acceptors (Lipinski definition) is 3. The molecule has 0 fully saturated rings. The fourth-order valence-electron chi connectivity index (χ4n) is 1.49. The highest BCUT2D eigenvalue weighted by atomic mass is 16.3. The van der Waals surface area contributed by atoms with Crippen molar-refractivity contribution in [2.45, 2.75) is 52.6 Å². The van der Waals surface area contributed by atoms with Crippen LogP contribution in [0.15, 0.2) is 0 Å². The summed E-state index contributed by atoms with van der Waals surface area (Å²) in [7, 11) is 0. The summed E-state index contributed by atoms with van der Waals surface area (Å²) in [5.41, 5.74) is -0.869. The van der Waals surface area contributed by atoms with Crippen molar-refractivity contribution in [3.05, 3.63) is 0 Å². The monoisotopic (exact) mass is 229 g/mol. The van der Waals surface area contributed by atoms with E-state index in [2.05, 4.69) is 0 Å². The van der Waals surface area contributed by atoms with Gasteiger partial charge in [0.15, 0.2) is 0 Å². The lowest BCUT2D eigenvalue weighted by Gasteiger charge is -2.28. The molecule has 0 aliphatic rings. The number of ketones is 1. The maximum atomic E-state index is 11.7. The van der Waals surface area contributed by atoms with Crippen molar-refractivity contribution >= 4 is 11.7 Å². The molecule has 0 rings (SSSR count). The minimum absolute atomic E-state index is 0.00544. The summed E-state index contributed by atoms with van der Waals surface area (Å²) < 4.78 is 0. The first-order valence-corrected chi connectivity index (χ1v) is 5.76. The van der Waals surface area contributed by atoms with Gasteiger partial charge in [-0.25, -0.2) is 0 Å². The molecule has 0 aliphatic carbocycles. The number of nitrogens with zero attached hydrogens (tertiary/aromatic N) is 1. The number of likely N-dealkylation sites (N-methyl/N-ethyl adjacent to an activating group) is 1. The molecular formula is C12H23NO3. The van der Waals surface area contributed by atoms with Gasteiger partial charge >= 0.3 is 0 Å². The Morgan fingerprint density at radius 3 is 2.19 bits per heavy atom. The average molecular weight is 229 g/mol. The summed E-state index contributed by atoms with van der Waals surface area (Å²) in [5, 5.41) is 9.63. The zero-order valence-electron chi connectivity index (χ0n) is 10.7. The third kappa shape index (κ3) is 7.40. The van der Waals surface area contributed by atoms with Crippen LogP contribution in [0.2, 0.25) is 0 Å². The molecular weight excluding hydrogens is 206 g/mol. The van der Waals surface area contributed by atoms with Crippen LogP contribution < -0.4 is 0 Å². The van der Waals surface area contributed by atoms with Crippen molar-refractivity contribution < 1.29 is 14.7 Å². The van der Waals surface area contributed by atoms with Crippen LogP contribution in [0.25, 0.3) is 0 Å². The Morgan fingerprint density at radius 1 is 1.25 bits per heavy atom. The SMILES string of the molecule is CCN(CC(C)(C)O)C(=O)CCCC(C)=O. The Hall–Kier alpha value is -0.900. The van der Waals surface area contributed by atoms with E-state index in [9.17, 15) is 14.7 Å². The van der Waals surface area contributed by atoms with Gasteiger partial charge in [-0.05, 0) is 34.1 Å². The number of amides is 1. The van der Waals surface area contributed by atoms with Gasteiger partial charge in [-0.3, -0.25) is 4.79 Å². The zero-order chi connectivity index (χ0) is 12.8. The van der Waals surface area contributed by atoms with Crippen molar-refractivity contribution in [2.24, 2.45) is 0 Å². The summed E-state index contributed by atoms with van der Waals surface area (Å²) in [6.07, 6.45) is 1.42. The number of Topliss-reactive ketones (excluding diaryl/α,β-unsaturated/α-hetero) is 1. The summed E-state index contributed by atoms with van der Waals surface area (Å²) in [4.78, 5) is 24.1. The molecule has 0 heterocycles. The fraction of sp³-hybridized carbons (Fsp3) is 0.833. The summed E-state index contributed by atoms with van der Waals surface area (Å²) in [6.45, 7) is 7.69. The standard InChI is InChI=1S/C12H23NO3/c1-5-13(9-12(3,4)16)11(15)8-6-7-10(2)14/h16H,5-9H2,1-4H3. The normalized spacial score (nSPS) is 11.3. The maximum Gasteiger partial charge on any atom is 0.222 e. The van der Waals surface area contributed by atoms with Gasteiger partial charge in [0.2, 0.25) is 5.91 Å². The van der Waals surface area contributed by atoms with E-state index in [1.54, 1.807) is 18.7 Å². The molecule has 0 bridgehead atoms. The highest BCUT2D eigenvalue weighted by molar-refractivity contribution is 5.78. The smallest absolute Gasteiger partial charge is 0.222 e. The van der Waals surface area contributed by atoms with E-state index in [1.807, 2.05) is 6.92 Å². The van der Waals surface area contributed by atoms with Crippen LogP contribution >= 0.6 is 0 Å². The zero-order valence-corrected chi connectivity index (χ0v) is 10.7. The molecule has 0 aliphatic heterocycles. The number of hydrogen-bond donors (Lipinski definition) is 1. The molecule has 0 aromatic carbocycles. The fourth-order valence-corrected chi connectivity index (χ4v) is 1.49. The number of aliphatic hydroxyl groups is 1. The number of carbonyl (C=O) groups excluding carboxylic acids is 2. The summed E-state index contributed by atoms with van der Waals surface area (Å²) in [6, 6.07) is 0. The molecule has 0 spiro atoms. The Kier molecular flexibility index (Phi) is 6.26. The van der Waals surface area contributed by atoms with E-state index in [0.717, 1.165) is 0 Å². The largest absolute Gasteiger partial charge is 0.389 e. The van der Waals surface area contributed by atoms with Gasteiger partial charge in [-0.15, -0.1) is 0 Å². The van der Waals surface area contributed by atoms with Gasteiger partial charge in [0.25, 0.3) is 0 Å². The molecule has 0 aromatic rings. The average Bonchev–Trinajstić information content (AvgIpc) is 2.11.